The van der Waals surface area contributed by atoms with Gasteiger partial charge in [0.05, 0.1) is 11.6 Å². The topological polar surface area (TPSA) is 82.0 Å². The van der Waals surface area contributed by atoms with Crippen LogP contribution < -0.4 is 10.6 Å². The number of nitriles is 1. The molecular weight excluding hydrogens is 314 g/mol. The number of carbonyl (C=O) groups excluding carboxylic acids is 2. The van der Waals surface area contributed by atoms with E-state index in [1.807, 2.05) is 6.07 Å². The molecule has 0 heterocycles. The minimum absolute atomic E-state index is 0.314. The third-order valence-corrected chi connectivity index (χ3v) is 3.57. The minimum Gasteiger partial charge on any atom is -0.326 e. The Hall–Kier alpha value is -2.84. The Balaban J connectivity index is 1.93. The average molecular weight is 328 g/mol. The molecule has 0 unspecified atom stereocenters. The van der Waals surface area contributed by atoms with Crippen LogP contribution in [0.15, 0.2) is 42.5 Å². The van der Waals surface area contributed by atoms with Gasteiger partial charge in [-0.15, -0.1) is 0 Å². The molecule has 0 aromatic heterocycles. The van der Waals surface area contributed by atoms with E-state index in [1.54, 1.807) is 49.4 Å². The molecule has 0 aliphatic carbocycles. The lowest BCUT2D eigenvalue weighted by atomic mass is 10.2. The van der Waals surface area contributed by atoms with Crippen LogP contribution in [0.4, 0.5) is 11.4 Å². The van der Waals surface area contributed by atoms with Crippen LogP contribution in [0.1, 0.15) is 17.5 Å². The molecule has 0 fully saturated rings. The Labute approximate surface area is 138 Å². The zero-order valence-corrected chi connectivity index (χ0v) is 13.1. The van der Waals surface area contributed by atoms with Crippen molar-refractivity contribution in [2.45, 2.75) is 13.3 Å². The van der Waals surface area contributed by atoms with Gasteiger partial charge in [0.2, 0.25) is 11.8 Å². The van der Waals surface area contributed by atoms with Crippen LogP contribution in [0.25, 0.3) is 0 Å². The molecule has 2 aromatic carbocycles. The maximum absolute atomic E-state index is 11.9. The van der Waals surface area contributed by atoms with Crippen molar-refractivity contribution in [2.75, 3.05) is 10.6 Å². The van der Waals surface area contributed by atoms with Gasteiger partial charge in [0.15, 0.2) is 0 Å². The van der Waals surface area contributed by atoms with Crippen LogP contribution >= 0.6 is 11.6 Å². The van der Waals surface area contributed by atoms with E-state index in [0.29, 0.717) is 22.0 Å². The van der Waals surface area contributed by atoms with Gasteiger partial charge in [0, 0.05) is 16.4 Å². The molecule has 0 radical (unpaired) electrons. The summed E-state index contributed by atoms with van der Waals surface area (Å²) in [5, 5.41) is 14.5. The smallest absolute Gasteiger partial charge is 0.233 e. The van der Waals surface area contributed by atoms with E-state index in [2.05, 4.69) is 10.6 Å². The van der Waals surface area contributed by atoms with Gasteiger partial charge in [0.25, 0.3) is 0 Å². The number of nitrogens with one attached hydrogen (secondary N) is 2. The molecule has 0 spiro atoms. The first-order valence-electron chi connectivity index (χ1n) is 6.84. The van der Waals surface area contributed by atoms with E-state index in [9.17, 15) is 9.59 Å². The van der Waals surface area contributed by atoms with Crippen molar-refractivity contribution in [3.05, 3.63) is 58.6 Å². The number of rotatable bonds is 4. The number of hydrogen-bond donors (Lipinski definition) is 2. The summed E-state index contributed by atoms with van der Waals surface area (Å²) in [6.45, 7) is 1.79. The van der Waals surface area contributed by atoms with Gasteiger partial charge in [-0.05, 0) is 48.9 Å². The fraction of sp³-hybridized carbons (Fsp3) is 0.118. The molecule has 2 N–H and O–H groups in total. The maximum Gasteiger partial charge on any atom is 0.233 e. The van der Waals surface area contributed by atoms with Gasteiger partial charge in [-0.3, -0.25) is 9.59 Å². The molecule has 2 aromatic rings. The fourth-order valence-corrected chi connectivity index (χ4v) is 2.09. The van der Waals surface area contributed by atoms with E-state index in [1.165, 1.54) is 0 Å². The molecule has 23 heavy (non-hydrogen) atoms. The molecule has 0 atom stereocenters. The first-order chi connectivity index (χ1) is 11.0. The molecule has 6 heteroatoms. The van der Waals surface area contributed by atoms with Gasteiger partial charge < -0.3 is 10.6 Å². The second kappa shape index (κ2) is 7.43. The normalized spacial score (nSPS) is 9.78. The molecule has 0 aliphatic heterocycles. The third kappa shape index (κ3) is 4.56. The molecule has 0 saturated heterocycles. The van der Waals surface area contributed by atoms with Gasteiger partial charge in [-0.25, -0.2) is 0 Å². The Morgan fingerprint density at radius 1 is 1.09 bits per heavy atom. The average Bonchev–Trinajstić information content (AvgIpc) is 2.52. The zero-order valence-electron chi connectivity index (χ0n) is 12.4. The number of benzene rings is 2. The van der Waals surface area contributed by atoms with Crippen LogP contribution in [0, 0.1) is 18.3 Å². The molecular formula is C17H14ClN3O2. The largest absolute Gasteiger partial charge is 0.326 e. The van der Waals surface area contributed by atoms with Crippen molar-refractivity contribution < 1.29 is 9.59 Å². The number of carbonyl (C=O) groups is 2. The summed E-state index contributed by atoms with van der Waals surface area (Å²) in [5.74, 6) is -0.867. The first kappa shape index (κ1) is 16.5. The number of hydrogen-bond acceptors (Lipinski definition) is 3. The predicted molar refractivity (Wildman–Crippen MR) is 89.2 cm³/mol. The summed E-state index contributed by atoms with van der Waals surface area (Å²) in [7, 11) is 0. The number of anilines is 2. The maximum atomic E-state index is 11.9. The third-order valence-electron chi connectivity index (χ3n) is 3.16. The molecule has 0 bridgehead atoms. The zero-order chi connectivity index (χ0) is 16.8. The van der Waals surface area contributed by atoms with Crippen molar-refractivity contribution >= 4 is 34.8 Å². The fourth-order valence-electron chi connectivity index (χ4n) is 1.92. The van der Waals surface area contributed by atoms with Crippen LogP contribution in [0.3, 0.4) is 0 Å². The summed E-state index contributed by atoms with van der Waals surface area (Å²) >= 11 is 5.98. The number of amides is 2. The lowest BCUT2D eigenvalue weighted by Gasteiger charge is -2.09. The van der Waals surface area contributed by atoms with Crippen molar-refractivity contribution in [3.8, 4) is 6.07 Å². The Bertz CT molecular complexity index is 779. The second-order valence-corrected chi connectivity index (χ2v) is 5.28. The van der Waals surface area contributed by atoms with Crippen molar-refractivity contribution in [1.82, 2.24) is 0 Å². The lowest BCUT2D eigenvalue weighted by molar-refractivity contribution is -0.123. The monoisotopic (exact) mass is 327 g/mol. The van der Waals surface area contributed by atoms with Gasteiger partial charge >= 0.3 is 0 Å². The Morgan fingerprint density at radius 3 is 2.39 bits per heavy atom. The SMILES string of the molecule is Cc1c(Cl)cccc1NC(=O)CC(=O)Nc1ccc(C#N)cc1. The highest BCUT2D eigenvalue weighted by atomic mass is 35.5. The van der Waals surface area contributed by atoms with E-state index < -0.39 is 11.8 Å². The molecule has 0 aliphatic rings. The van der Waals surface area contributed by atoms with E-state index in [0.717, 1.165) is 5.56 Å². The standard InChI is InChI=1S/C17H14ClN3O2/c1-11-14(18)3-2-4-15(11)21-17(23)9-16(22)20-13-7-5-12(10-19)6-8-13/h2-8H,9H2,1H3,(H,20,22)(H,21,23). The van der Waals surface area contributed by atoms with Gasteiger partial charge in [-0.2, -0.15) is 5.26 Å². The number of nitrogens with zero attached hydrogens (tertiary/aromatic N) is 1. The summed E-state index contributed by atoms with van der Waals surface area (Å²) in [6, 6.07) is 13.5. The summed E-state index contributed by atoms with van der Waals surface area (Å²) in [4.78, 5) is 23.8. The molecule has 5 nitrogen and oxygen atoms in total. The van der Waals surface area contributed by atoms with Crippen LogP contribution in [-0.2, 0) is 9.59 Å². The lowest BCUT2D eigenvalue weighted by Crippen LogP contribution is -2.21. The first-order valence-corrected chi connectivity index (χ1v) is 7.22. The van der Waals surface area contributed by atoms with Crippen molar-refractivity contribution in [3.63, 3.8) is 0 Å². The van der Waals surface area contributed by atoms with Crippen LogP contribution in [0.5, 0.6) is 0 Å². The van der Waals surface area contributed by atoms with Gasteiger partial charge in [0.1, 0.15) is 6.42 Å². The number of halogens is 1. The van der Waals surface area contributed by atoms with Crippen molar-refractivity contribution in [1.29, 1.82) is 5.26 Å². The predicted octanol–water partition coefficient (Wildman–Crippen LogP) is 3.49. The highest BCUT2D eigenvalue weighted by molar-refractivity contribution is 6.31. The minimum atomic E-state index is -0.438. The Morgan fingerprint density at radius 2 is 1.74 bits per heavy atom. The summed E-state index contributed by atoms with van der Waals surface area (Å²) < 4.78 is 0. The van der Waals surface area contributed by atoms with E-state index in [-0.39, 0.29) is 6.42 Å². The van der Waals surface area contributed by atoms with Crippen LogP contribution in [0.2, 0.25) is 5.02 Å². The van der Waals surface area contributed by atoms with Crippen LogP contribution in [-0.4, -0.2) is 11.8 Å². The van der Waals surface area contributed by atoms with Gasteiger partial charge in [-0.1, -0.05) is 17.7 Å². The second-order valence-electron chi connectivity index (χ2n) is 4.87. The molecule has 0 saturated carbocycles. The Kier molecular flexibility index (Phi) is 5.34. The summed E-state index contributed by atoms with van der Waals surface area (Å²) in [5.41, 5.74) is 2.35. The van der Waals surface area contributed by atoms with E-state index in [4.69, 9.17) is 16.9 Å². The molecule has 2 amide bonds. The molecule has 116 valence electrons. The molecule has 2 rings (SSSR count). The highest BCUT2D eigenvalue weighted by Crippen LogP contribution is 2.23. The quantitative estimate of drug-likeness (QED) is 0.843. The highest BCUT2D eigenvalue weighted by Gasteiger charge is 2.12. The van der Waals surface area contributed by atoms with E-state index >= 15 is 0 Å². The summed E-state index contributed by atoms with van der Waals surface area (Å²) in [6.07, 6.45) is -0.314. The van der Waals surface area contributed by atoms with Crippen molar-refractivity contribution in [2.24, 2.45) is 0 Å².